The Balaban J connectivity index is 1.42. The van der Waals surface area contributed by atoms with E-state index in [1.807, 2.05) is 0 Å². The maximum Gasteiger partial charge on any atom is 0.229 e. The van der Waals surface area contributed by atoms with Gasteiger partial charge >= 0.3 is 0 Å². The molecule has 6 rings (SSSR count). The van der Waals surface area contributed by atoms with Gasteiger partial charge in [-0.1, -0.05) is 0 Å². The van der Waals surface area contributed by atoms with Crippen LogP contribution >= 0.6 is 0 Å². The predicted octanol–water partition coefficient (Wildman–Crippen LogP) is 2.84. The minimum Gasteiger partial charge on any atom is -0.377 e. The summed E-state index contributed by atoms with van der Waals surface area (Å²) in [5.74, 6) is 3.85. The van der Waals surface area contributed by atoms with Gasteiger partial charge in [0.15, 0.2) is 0 Å². The number of hydrogen-bond donors (Lipinski definition) is 0. The van der Waals surface area contributed by atoms with Crippen LogP contribution in [0.1, 0.15) is 51.4 Å². The molecule has 6 fully saturated rings. The van der Waals surface area contributed by atoms with Crippen molar-refractivity contribution in [3.05, 3.63) is 0 Å². The second kappa shape index (κ2) is 4.47. The third-order valence-electron chi connectivity index (χ3n) is 7.08. The van der Waals surface area contributed by atoms with Crippen molar-refractivity contribution in [2.24, 2.45) is 29.1 Å². The Bertz CT molecular complexity index is 421. The van der Waals surface area contributed by atoms with Gasteiger partial charge in [-0.3, -0.25) is 4.79 Å². The average molecular weight is 289 g/mol. The normalized spacial score (nSPS) is 48.7. The standard InChI is InChI=1S/C18H27NO2/c20-17(19-3-4-21-11-16(19)15-1-2-15)18-8-12-5-13(9-18)7-14(6-12)10-18/h12-16H,1-11H2. The van der Waals surface area contributed by atoms with Crippen molar-refractivity contribution >= 4 is 5.91 Å². The van der Waals surface area contributed by atoms with E-state index in [1.54, 1.807) is 0 Å². The van der Waals surface area contributed by atoms with Crippen LogP contribution in [-0.4, -0.2) is 36.6 Å². The molecule has 1 amide bonds. The average Bonchev–Trinajstić information content (AvgIpc) is 3.29. The molecule has 5 aliphatic carbocycles. The van der Waals surface area contributed by atoms with Crippen molar-refractivity contribution < 1.29 is 9.53 Å². The van der Waals surface area contributed by atoms with Crippen LogP contribution in [0.5, 0.6) is 0 Å². The lowest BCUT2D eigenvalue weighted by molar-refractivity contribution is -0.166. The fraction of sp³-hybridized carbons (Fsp3) is 0.944. The van der Waals surface area contributed by atoms with Crippen molar-refractivity contribution in [2.45, 2.75) is 57.4 Å². The largest absolute Gasteiger partial charge is 0.377 e. The third kappa shape index (κ3) is 1.99. The van der Waals surface area contributed by atoms with Gasteiger partial charge in [0, 0.05) is 6.54 Å². The molecule has 0 N–H and O–H groups in total. The zero-order valence-electron chi connectivity index (χ0n) is 12.9. The molecule has 116 valence electrons. The van der Waals surface area contributed by atoms with E-state index in [4.69, 9.17) is 4.74 Å². The highest BCUT2D eigenvalue weighted by Gasteiger charge is 2.56. The lowest BCUT2D eigenvalue weighted by atomic mass is 9.49. The van der Waals surface area contributed by atoms with E-state index in [0.29, 0.717) is 11.9 Å². The summed E-state index contributed by atoms with van der Waals surface area (Å²) in [7, 11) is 0. The zero-order valence-corrected chi connectivity index (χ0v) is 12.9. The van der Waals surface area contributed by atoms with Gasteiger partial charge in [-0.2, -0.15) is 0 Å². The van der Waals surface area contributed by atoms with Crippen LogP contribution in [-0.2, 0) is 9.53 Å². The second-order valence-electron chi connectivity index (χ2n) is 8.68. The predicted molar refractivity (Wildman–Crippen MR) is 79.6 cm³/mol. The summed E-state index contributed by atoms with van der Waals surface area (Å²) < 4.78 is 5.69. The number of hydrogen-bond acceptors (Lipinski definition) is 2. The van der Waals surface area contributed by atoms with Gasteiger partial charge in [0.1, 0.15) is 0 Å². The summed E-state index contributed by atoms with van der Waals surface area (Å²) in [6.45, 7) is 2.39. The highest BCUT2D eigenvalue weighted by atomic mass is 16.5. The van der Waals surface area contributed by atoms with Crippen LogP contribution in [0.15, 0.2) is 0 Å². The van der Waals surface area contributed by atoms with Crippen molar-refractivity contribution in [3.63, 3.8) is 0 Å². The molecular weight excluding hydrogens is 262 g/mol. The van der Waals surface area contributed by atoms with Crippen molar-refractivity contribution in [1.82, 2.24) is 4.90 Å². The van der Waals surface area contributed by atoms with Gasteiger partial charge in [0.25, 0.3) is 0 Å². The molecule has 3 heteroatoms. The molecule has 0 aromatic carbocycles. The van der Waals surface area contributed by atoms with Gasteiger partial charge in [-0.25, -0.2) is 0 Å². The van der Waals surface area contributed by atoms with Crippen LogP contribution in [0, 0.1) is 29.1 Å². The first-order chi connectivity index (χ1) is 10.2. The van der Waals surface area contributed by atoms with E-state index >= 15 is 0 Å². The number of rotatable bonds is 2. The van der Waals surface area contributed by atoms with E-state index in [2.05, 4.69) is 4.90 Å². The molecular formula is C18H27NO2. The highest BCUT2D eigenvalue weighted by Crippen LogP contribution is 2.60. The highest BCUT2D eigenvalue weighted by molar-refractivity contribution is 5.83. The van der Waals surface area contributed by atoms with E-state index in [-0.39, 0.29) is 5.41 Å². The monoisotopic (exact) mass is 289 g/mol. The van der Waals surface area contributed by atoms with E-state index in [1.165, 1.54) is 51.4 Å². The van der Waals surface area contributed by atoms with Gasteiger partial charge in [-0.05, 0) is 75.0 Å². The third-order valence-corrected chi connectivity index (χ3v) is 7.08. The molecule has 1 unspecified atom stereocenters. The lowest BCUT2D eigenvalue weighted by Gasteiger charge is -2.57. The number of amides is 1. The first kappa shape index (κ1) is 12.9. The quantitative estimate of drug-likeness (QED) is 0.782. The maximum absolute atomic E-state index is 13.5. The molecule has 1 heterocycles. The maximum atomic E-state index is 13.5. The molecule has 1 aliphatic heterocycles. The molecule has 4 bridgehead atoms. The minimum atomic E-state index is 0.0409. The Morgan fingerprint density at radius 2 is 1.62 bits per heavy atom. The fourth-order valence-corrected chi connectivity index (χ4v) is 6.42. The SMILES string of the molecule is O=C(N1CCOCC1C1CC1)C12CC3CC(CC(C3)C1)C2. The van der Waals surface area contributed by atoms with Crippen LogP contribution in [0.3, 0.4) is 0 Å². The topological polar surface area (TPSA) is 29.5 Å². The van der Waals surface area contributed by atoms with Crippen LogP contribution in [0.25, 0.3) is 0 Å². The second-order valence-corrected chi connectivity index (χ2v) is 8.68. The summed E-state index contributed by atoms with van der Waals surface area (Å²) in [6, 6.07) is 0.402. The van der Waals surface area contributed by atoms with E-state index < -0.39 is 0 Å². The Kier molecular flexibility index (Phi) is 2.75. The van der Waals surface area contributed by atoms with E-state index in [0.717, 1.165) is 43.4 Å². The van der Waals surface area contributed by atoms with Gasteiger partial charge < -0.3 is 9.64 Å². The molecule has 5 saturated carbocycles. The number of carbonyl (C=O) groups is 1. The van der Waals surface area contributed by atoms with Crippen molar-refractivity contribution in [2.75, 3.05) is 19.8 Å². The summed E-state index contributed by atoms with van der Waals surface area (Å²) in [5.41, 5.74) is 0.0409. The lowest BCUT2D eigenvalue weighted by Crippen LogP contribution is -2.59. The number of ether oxygens (including phenoxy) is 1. The Morgan fingerprint density at radius 1 is 1.00 bits per heavy atom. The Morgan fingerprint density at radius 3 is 2.19 bits per heavy atom. The summed E-state index contributed by atoms with van der Waals surface area (Å²) >= 11 is 0. The molecule has 0 radical (unpaired) electrons. The summed E-state index contributed by atoms with van der Waals surface area (Å²) in [5, 5.41) is 0. The Hall–Kier alpha value is -0.570. The molecule has 21 heavy (non-hydrogen) atoms. The van der Waals surface area contributed by atoms with Crippen LogP contribution < -0.4 is 0 Å². The molecule has 1 saturated heterocycles. The first-order valence-electron chi connectivity index (χ1n) is 9.12. The molecule has 0 aromatic rings. The molecule has 1 atom stereocenters. The number of nitrogens with zero attached hydrogens (tertiary/aromatic N) is 1. The van der Waals surface area contributed by atoms with Gasteiger partial charge in [0.2, 0.25) is 5.91 Å². The summed E-state index contributed by atoms with van der Waals surface area (Å²) in [4.78, 5) is 15.7. The molecule has 6 aliphatic rings. The number of morpholine rings is 1. The zero-order chi connectivity index (χ0) is 14.0. The van der Waals surface area contributed by atoms with Gasteiger partial charge in [0.05, 0.1) is 24.7 Å². The van der Waals surface area contributed by atoms with Crippen molar-refractivity contribution in [1.29, 1.82) is 0 Å². The van der Waals surface area contributed by atoms with Gasteiger partial charge in [-0.15, -0.1) is 0 Å². The fourth-order valence-electron chi connectivity index (χ4n) is 6.42. The van der Waals surface area contributed by atoms with Crippen LogP contribution in [0.2, 0.25) is 0 Å². The first-order valence-corrected chi connectivity index (χ1v) is 9.12. The van der Waals surface area contributed by atoms with Crippen LogP contribution in [0.4, 0.5) is 0 Å². The molecule has 0 aromatic heterocycles. The van der Waals surface area contributed by atoms with Crippen molar-refractivity contribution in [3.8, 4) is 0 Å². The molecule has 3 nitrogen and oxygen atoms in total. The Labute approximate surface area is 127 Å². The molecule has 0 spiro atoms. The van der Waals surface area contributed by atoms with E-state index in [9.17, 15) is 4.79 Å². The minimum absolute atomic E-state index is 0.0409. The summed E-state index contributed by atoms with van der Waals surface area (Å²) in [6.07, 6.45) is 10.5. The smallest absolute Gasteiger partial charge is 0.229 e. The number of carbonyl (C=O) groups excluding carboxylic acids is 1.